The Kier molecular flexibility index (Phi) is 6.02. The van der Waals surface area contributed by atoms with Crippen molar-refractivity contribution >= 4 is 23.5 Å². The fourth-order valence-corrected chi connectivity index (χ4v) is 2.70. The smallest absolute Gasteiger partial charge is 0.319 e. The SMILES string of the molecule is CC(C)OCCCNC(=O)Nc1ccc2c(c1)C(=O)N(C(C)(C)C)C2=O. The van der Waals surface area contributed by atoms with Crippen LogP contribution in [0.4, 0.5) is 10.5 Å². The van der Waals surface area contributed by atoms with Crippen molar-refractivity contribution in [1.29, 1.82) is 0 Å². The largest absolute Gasteiger partial charge is 0.379 e. The Morgan fingerprint density at radius 2 is 1.81 bits per heavy atom. The van der Waals surface area contributed by atoms with Crippen LogP contribution in [0, 0.1) is 0 Å². The minimum atomic E-state index is -0.601. The number of amides is 4. The van der Waals surface area contributed by atoms with Crippen molar-refractivity contribution in [2.24, 2.45) is 0 Å². The molecule has 142 valence electrons. The number of hydrogen-bond acceptors (Lipinski definition) is 4. The molecule has 1 aliphatic heterocycles. The molecule has 7 heteroatoms. The summed E-state index contributed by atoms with van der Waals surface area (Å²) in [6.45, 7) is 10.4. The van der Waals surface area contributed by atoms with Crippen LogP contribution in [0.25, 0.3) is 0 Å². The van der Waals surface area contributed by atoms with Gasteiger partial charge in [-0.2, -0.15) is 0 Å². The number of anilines is 1. The van der Waals surface area contributed by atoms with Gasteiger partial charge in [-0.05, 0) is 59.2 Å². The van der Waals surface area contributed by atoms with Gasteiger partial charge in [-0.3, -0.25) is 14.5 Å². The average Bonchev–Trinajstić information content (AvgIpc) is 2.77. The Morgan fingerprint density at radius 3 is 2.42 bits per heavy atom. The minimum absolute atomic E-state index is 0.170. The number of benzene rings is 1. The monoisotopic (exact) mass is 361 g/mol. The van der Waals surface area contributed by atoms with E-state index in [9.17, 15) is 14.4 Å². The van der Waals surface area contributed by atoms with E-state index >= 15 is 0 Å². The van der Waals surface area contributed by atoms with Crippen molar-refractivity contribution < 1.29 is 19.1 Å². The molecule has 2 rings (SSSR count). The first-order chi connectivity index (χ1) is 12.1. The standard InChI is InChI=1S/C19H27N3O4/c1-12(2)26-10-6-9-20-18(25)21-13-7-8-14-15(11-13)17(24)22(16(14)23)19(3,4)5/h7-8,11-12H,6,9-10H2,1-5H3,(H2,20,21,25). The van der Waals surface area contributed by atoms with Crippen molar-refractivity contribution in [2.45, 2.75) is 52.7 Å². The maximum Gasteiger partial charge on any atom is 0.319 e. The maximum absolute atomic E-state index is 12.6. The van der Waals surface area contributed by atoms with Gasteiger partial charge in [-0.1, -0.05) is 0 Å². The molecule has 0 aromatic heterocycles. The van der Waals surface area contributed by atoms with E-state index in [2.05, 4.69) is 10.6 Å². The number of imide groups is 1. The molecule has 7 nitrogen and oxygen atoms in total. The van der Waals surface area contributed by atoms with Gasteiger partial charge in [0.15, 0.2) is 0 Å². The number of ether oxygens (including phenoxy) is 1. The van der Waals surface area contributed by atoms with Crippen LogP contribution in [0.3, 0.4) is 0 Å². The van der Waals surface area contributed by atoms with E-state index in [4.69, 9.17) is 4.74 Å². The van der Waals surface area contributed by atoms with Crippen molar-refractivity contribution in [3.05, 3.63) is 29.3 Å². The van der Waals surface area contributed by atoms with Crippen LogP contribution < -0.4 is 10.6 Å². The summed E-state index contributed by atoms with van der Waals surface area (Å²) in [5.74, 6) is -0.647. The van der Waals surface area contributed by atoms with Gasteiger partial charge >= 0.3 is 6.03 Å². The summed E-state index contributed by atoms with van der Waals surface area (Å²) in [7, 11) is 0. The van der Waals surface area contributed by atoms with Gasteiger partial charge in [-0.25, -0.2) is 4.79 Å². The van der Waals surface area contributed by atoms with Crippen molar-refractivity contribution in [3.8, 4) is 0 Å². The van der Waals surface area contributed by atoms with Gasteiger partial charge in [0.05, 0.1) is 17.2 Å². The molecule has 0 fully saturated rings. The number of nitrogens with zero attached hydrogens (tertiary/aromatic N) is 1. The lowest BCUT2D eigenvalue weighted by atomic mass is 10.1. The molecule has 0 bridgehead atoms. The van der Waals surface area contributed by atoms with Crippen molar-refractivity contribution in [2.75, 3.05) is 18.5 Å². The second-order valence-corrected chi connectivity index (χ2v) is 7.53. The van der Waals surface area contributed by atoms with E-state index in [1.165, 1.54) is 4.90 Å². The molecular formula is C19H27N3O4. The van der Waals surface area contributed by atoms with Crippen LogP contribution in [0.1, 0.15) is 61.8 Å². The lowest BCUT2D eigenvalue weighted by Crippen LogP contribution is -2.45. The van der Waals surface area contributed by atoms with E-state index in [0.29, 0.717) is 36.4 Å². The van der Waals surface area contributed by atoms with Crippen LogP contribution >= 0.6 is 0 Å². The molecule has 4 amide bonds. The minimum Gasteiger partial charge on any atom is -0.379 e. The first-order valence-electron chi connectivity index (χ1n) is 8.80. The van der Waals surface area contributed by atoms with Crippen molar-refractivity contribution in [3.63, 3.8) is 0 Å². The number of carbonyl (C=O) groups is 3. The highest BCUT2D eigenvalue weighted by atomic mass is 16.5. The number of fused-ring (bicyclic) bond motifs is 1. The van der Waals surface area contributed by atoms with Crippen LogP contribution in [0.15, 0.2) is 18.2 Å². The molecule has 0 atom stereocenters. The Balaban J connectivity index is 1.96. The second kappa shape index (κ2) is 7.86. The quantitative estimate of drug-likeness (QED) is 0.602. The fraction of sp³-hybridized carbons (Fsp3) is 0.526. The second-order valence-electron chi connectivity index (χ2n) is 7.53. The Morgan fingerprint density at radius 1 is 1.15 bits per heavy atom. The molecule has 26 heavy (non-hydrogen) atoms. The summed E-state index contributed by atoms with van der Waals surface area (Å²) in [6.07, 6.45) is 0.881. The molecule has 0 unspecified atom stereocenters. The zero-order chi connectivity index (χ0) is 19.5. The molecule has 2 N–H and O–H groups in total. The Hall–Kier alpha value is -2.41. The van der Waals surface area contributed by atoms with Gasteiger partial charge in [0.2, 0.25) is 0 Å². The summed E-state index contributed by atoms with van der Waals surface area (Å²) in [5.41, 5.74) is 0.544. The first kappa shape index (κ1) is 19.9. The molecule has 0 saturated carbocycles. The highest BCUT2D eigenvalue weighted by Crippen LogP contribution is 2.30. The number of hydrogen-bond donors (Lipinski definition) is 2. The van der Waals surface area contributed by atoms with E-state index in [1.807, 2.05) is 34.6 Å². The molecule has 0 aliphatic carbocycles. The zero-order valence-electron chi connectivity index (χ0n) is 16.0. The van der Waals surface area contributed by atoms with Gasteiger partial charge < -0.3 is 15.4 Å². The Labute approximate surface area is 154 Å². The van der Waals surface area contributed by atoms with Gasteiger partial charge in [-0.15, -0.1) is 0 Å². The lowest BCUT2D eigenvalue weighted by molar-refractivity contribution is 0.0507. The van der Waals surface area contributed by atoms with Crippen LogP contribution in [-0.4, -0.2) is 47.5 Å². The highest BCUT2D eigenvalue weighted by Gasteiger charge is 2.41. The number of urea groups is 1. The number of rotatable bonds is 6. The normalized spacial score (nSPS) is 14.0. The maximum atomic E-state index is 12.6. The summed E-state index contributed by atoms with van der Waals surface area (Å²) >= 11 is 0. The molecule has 1 aliphatic rings. The third-order valence-electron chi connectivity index (χ3n) is 3.87. The molecule has 0 spiro atoms. The Bertz CT molecular complexity index is 707. The predicted molar refractivity (Wildman–Crippen MR) is 99.4 cm³/mol. The van der Waals surface area contributed by atoms with Crippen LogP contribution in [0.2, 0.25) is 0 Å². The zero-order valence-corrected chi connectivity index (χ0v) is 16.0. The number of carbonyl (C=O) groups excluding carboxylic acids is 3. The topological polar surface area (TPSA) is 87.7 Å². The summed E-state index contributed by atoms with van der Waals surface area (Å²) < 4.78 is 5.41. The molecule has 0 saturated heterocycles. The van der Waals surface area contributed by atoms with Gasteiger partial charge in [0.25, 0.3) is 11.8 Å². The number of nitrogens with one attached hydrogen (secondary N) is 2. The van der Waals surface area contributed by atoms with E-state index in [1.54, 1.807) is 18.2 Å². The molecule has 1 aromatic carbocycles. The summed E-state index contributed by atoms with van der Waals surface area (Å²) in [4.78, 5) is 38.2. The van der Waals surface area contributed by atoms with Gasteiger partial charge in [0, 0.05) is 24.4 Å². The molecule has 1 heterocycles. The predicted octanol–water partition coefficient (Wildman–Crippen LogP) is 3.02. The van der Waals surface area contributed by atoms with Gasteiger partial charge in [0.1, 0.15) is 0 Å². The summed E-state index contributed by atoms with van der Waals surface area (Å²) in [5, 5.41) is 5.42. The lowest BCUT2D eigenvalue weighted by Gasteiger charge is -2.29. The average molecular weight is 361 g/mol. The van der Waals surface area contributed by atoms with Crippen LogP contribution in [0.5, 0.6) is 0 Å². The fourth-order valence-electron chi connectivity index (χ4n) is 2.70. The van der Waals surface area contributed by atoms with E-state index < -0.39 is 5.54 Å². The molecule has 1 aromatic rings. The third kappa shape index (κ3) is 4.60. The van der Waals surface area contributed by atoms with E-state index in [0.717, 1.165) is 0 Å². The summed E-state index contributed by atoms with van der Waals surface area (Å²) in [6, 6.07) is 4.38. The van der Waals surface area contributed by atoms with E-state index in [-0.39, 0.29) is 23.9 Å². The first-order valence-corrected chi connectivity index (χ1v) is 8.80. The van der Waals surface area contributed by atoms with Crippen molar-refractivity contribution in [1.82, 2.24) is 10.2 Å². The third-order valence-corrected chi connectivity index (χ3v) is 3.87. The molecular weight excluding hydrogens is 334 g/mol. The molecule has 0 radical (unpaired) electrons. The highest BCUT2D eigenvalue weighted by molar-refractivity contribution is 6.22. The van der Waals surface area contributed by atoms with Crippen LogP contribution in [-0.2, 0) is 4.74 Å².